The fourth-order valence-corrected chi connectivity index (χ4v) is 2.31. The van der Waals surface area contributed by atoms with Crippen LogP contribution in [-0.2, 0) is 6.54 Å². The molecule has 3 N–H and O–H groups in total. The molecule has 1 aliphatic carbocycles. The van der Waals surface area contributed by atoms with Gasteiger partial charge >= 0.3 is 0 Å². The molecule has 0 amide bonds. The van der Waals surface area contributed by atoms with E-state index in [9.17, 15) is 9.59 Å². The van der Waals surface area contributed by atoms with Crippen molar-refractivity contribution in [3.05, 3.63) is 22.1 Å². The highest BCUT2D eigenvalue weighted by atomic mass is 16.2. The number of nitrogens with two attached hydrogens (primary N) is 1. The number of H-pyrrole nitrogens is 1. The number of nitrogens with one attached hydrogen (secondary N) is 1. The number of rotatable bonds is 2. The van der Waals surface area contributed by atoms with E-state index in [1.54, 1.807) is 0 Å². The van der Waals surface area contributed by atoms with E-state index in [0.717, 1.165) is 25.7 Å². The minimum absolute atomic E-state index is 0.0118. The van der Waals surface area contributed by atoms with Crippen molar-refractivity contribution in [1.82, 2.24) is 9.78 Å². The van der Waals surface area contributed by atoms with Gasteiger partial charge in [-0.2, -0.15) is 0 Å². The summed E-state index contributed by atoms with van der Waals surface area (Å²) >= 11 is 0. The first kappa shape index (κ1) is 11.1. The Bertz CT molecular complexity index is 427. The molecule has 0 bridgehead atoms. The van der Waals surface area contributed by atoms with Gasteiger partial charge in [-0.15, -0.1) is 0 Å². The molecule has 2 rings (SSSR count). The summed E-state index contributed by atoms with van der Waals surface area (Å²) in [7, 11) is 0. The van der Waals surface area contributed by atoms with Crippen LogP contribution in [0.1, 0.15) is 42.6 Å². The fraction of sp³-hybridized carbons (Fsp3) is 0.636. The topological polar surface area (TPSA) is 80.9 Å². The number of carbonyl (C=O) groups excluding carboxylic acids is 1. The van der Waals surface area contributed by atoms with E-state index in [4.69, 9.17) is 5.73 Å². The standard InChI is InChI=1S/C11H17N3O2/c12-7-9-6-10(15)13-14(9)11(16)8-4-2-1-3-5-8/h6,8H,1-5,7,12H2,(H,13,15). The van der Waals surface area contributed by atoms with Gasteiger partial charge in [-0.1, -0.05) is 19.3 Å². The normalized spacial score (nSPS) is 17.6. The van der Waals surface area contributed by atoms with Crippen molar-refractivity contribution in [3.63, 3.8) is 0 Å². The first-order valence-electron chi connectivity index (χ1n) is 5.77. The van der Waals surface area contributed by atoms with Gasteiger partial charge in [0.15, 0.2) is 0 Å². The van der Waals surface area contributed by atoms with E-state index < -0.39 is 0 Å². The molecule has 5 heteroatoms. The van der Waals surface area contributed by atoms with Gasteiger partial charge in [-0.3, -0.25) is 14.7 Å². The van der Waals surface area contributed by atoms with Crippen molar-refractivity contribution in [2.45, 2.75) is 38.6 Å². The summed E-state index contributed by atoms with van der Waals surface area (Å²) in [5, 5.41) is 2.52. The molecule has 0 aromatic carbocycles. The number of carbonyl (C=O) groups is 1. The molecule has 1 heterocycles. The van der Waals surface area contributed by atoms with E-state index in [0.29, 0.717) is 5.69 Å². The van der Waals surface area contributed by atoms with Crippen molar-refractivity contribution in [2.75, 3.05) is 0 Å². The number of aromatic amines is 1. The van der Waals surface area contributed by atoms with Gasteiger partial charge in [0.25, 0.3) is 5.56 Å². The predicted molar refractivity (Wildman–Crippen MR) is 60.1 cm³/mol. The molecule has 0 radical (unpaired) electrons. The average Bonchev–Trinajstić information content (AvgIpc) is 2.70. The van der Waals surface area contributed by atoms with Crippen LogP contribution in [0.5, 0.6) is 0 Å². The second kappa shape index (κ2) is 4.65. The lowest BCUT2D eigenvalue weighted by molar-refractivity contribution is 0.0780. The summed E-state index contributed by atoms with van der Waals surface area (Å²) in [6, 6.07) is 1.39. The van der Waals surface area contributed by atoms with Crippen molar-refractivity contribution >= 4 is 5.91 Å². The number of hydrogen-bond acceptors (Lipinski definition) is 3. The zero-order valence-corrected chi connectivity index (χ0v) is 9.24. The lowest BCUT2D eigenvalue weighted by Crippen LogP contribution is -2.27. The second-order valence-electron chi connectivity index (χ2n) is 4.32. The minimum atomic E-state index is -0.260. The van der Waals surface area contributed by atoms with Gasteiger partial charge in [0.05, 0.1) is 5.69 Å². The summed E-state index contributed by atoms with van der Waals surface area (Å²) in [6.07, 6.45) is 5.24. The summed E-state index contributed by atoms with van der Waals surface area (Å²) in [6.45, 7) is 0.206. The molecule has 1 fully saturated rings. The van der Waals surface area contributed by atoms with Gasteiger partial charge in [-0.05, 0) is 12.8 Å². The van der Waals surface area contributed by atoms with E-state index in [1.807, 2.05) is 0 Å². The van der Waals surface area contributed by atoms with Crippen LogP contribution >= 0.6 is 0 Å². The third-order valence-corrected chi connectivity index (χ3v) is 3.19. The summed E-state index contributed by atoms with van der Waals surface area (Å²) in [4.78, 5) is 23.3. The van der Waals surface area contributed by atoms with E-state index in [2.05, 4.69) is 5.10 Å². The maximum absolute atomic E-state index is 12.1. The number of hydrogen-bond donors (Lipinski definition) is 2. The Hall–Kier alpha value is -1.36. The van der Waals surface area contributed by atoms with Gasteiger partial charge in [0.1, 0.15) is 0 Å². The van der Waals surface area contributed by atoms with E-state index >= 15 is 0 Å². The van der Waals surface area contributed by atoms with Crippen molar-refractivity contribution in [3.8, 4) is 0 Å². The van der Waals surface area contributed by atoms with Crippen LogP contribution in [0, 0.1) is 5.92 Å². The summed E-state index contributed by atoms with van der Waals surface area (Å²) in [5.74, 6) is 0.0318. The molecular formula is C11H17N3O2. The monoisotopic (exact) mass is 223 g/mol. The molecule has 1 aliphatic rings. The van der Waals surface area contributed by atoms with Crippen LogP contribution in [0.3, 0.4) is 0 Å². The Kier molecular flexibility index (Phi) is 3.24. The number of nitrogens with zero attached hydrogens (tertiary/aromatic N) is 1. The smallest absolute Gasteiger partial charge is 0.264 e. The van der Waals surface area contributed by atoms with E-state index in [-0.39, 0.29) is 23.9 Å². The van der Waals surface area contributed by atoms with Crippen LogP contribution in [-0.4, -0.2) is 15.7 Å². The molecule has 0 atom stereocenters. The van der Waals surface area contributed by atoms with Crippen LogP contribution in [0.2, 0.25) is 0 Å². The Labute approximate surface area is 93.6 Å². The Balaban J connectivity index is 2.21. The maximum atomic E-state index is 12.1. The van der Waals surface area contributed by atoms with Crippen LogP contribution < -0.4 is 11.3 Å². The van der Waals surface area contributed by atoms with Crippen LogP contribution in [0.4, 0.5) is 0 Å². The van der Waals surface area contributed by atoms with Crippen molar-refractivity contribution in [2.24, 2.45) is 11.7 Å². The summed E-state index contributed by atoms with van der Waals surface area (Å²) in [5.41, 5.74) is 5.81. The highest BCUT2D eigenvalue weighted by Gasteiger charge is 2.24. The quantitative estimate of drug-likeness (QED) is 0.780. The number of aromatic nitrogens is 2. The van der Waals surface area contributed by atoms with Gasteiger partial charge < -0.3 is 5.73 Å². The molecule has 1 aromatic rings. The zero-order valence-electron chi connectivity index (χ0n) is 9.24. The highest BCUT2D eigenvalue weighted by molar-refractivity contribution is 5.81. The van der Waals surface area contributed by atoms with Crippen LogP contribution in [0.15, 0.2) is 10.9 Å². The first-order valence-corrected chi connectivity index (χ1v) is 5.77. The molecular weight excluding hydrogens is 206 g/mol. The van der Waals surface area contributed by atoms with Gasteiger partial charge in [0, 0.05) is 18.5 Å². The fourth-order valence-electron chi connectivity index (χ4n) is 2.31. The molecule has 1 saturated carbocycles. The third kappa shape index (κ3) is 2.09. The van der Waals surface area contributed by atoms with Crippen molar-refractivity contribution in [1.29, 1.82) is 0 Å². The molecule has 5 nitrogen and oxygen atoms in total. The lowest BCUT2D eigenvalue weighted by Gasteiger charge is -2.20. The van der Waals surface area contributed by atoms with E-state index in [1.165, 1.54) is 17.2 Å². The summed E-state index contributed by atoms with van der Waals surface area (Å²) < 4.78 is 1.33. The highest BCUT2D eigenvalue weighted by Crippen LogP contribution is 2.24. The van der Waals surface area contributed by atoms with Gasteiger partial charge in [-0.25, -0.2) is 4.68 Å². The Morgan fingerprint density at radius 2 is 2.12 bits per heavy atom. The molecule has 0 unspecified atom stereocenters. The van der Waals surface area contributed by atoms with Crippen molar-refractivity contribution < 1.29 is 4.79 Å². The first-order chi connectivity index (χ1) is 7.72. The molecule has 0 aliphatic heterocycles. The Morgan fingerprint density at radius 3 is 2.75 bits per heavy atom. The average molecular weight is 223 g/mol. The largest absolute Gasteiger partial charge is 0.325 e. The predicted octanol–water partition coefficient (Wildman–Crippen LogP) is 0.856. The molecule has 88 valence electrons. The molecule has 0 spiro atoms. The minimum Gasteiger partial charge on any atom is -0.325 e. The second-order valence-corrected chi connectivity index (χ2v) is 4.32. The zero-order chi connectivity index (χ0) is 11.5. The van der Waals surface area contributed by atoms with Crippen LogP contribution in [0.25, 0.3) is 0 Å². The molecule has 0 saturated heterocycles. The molecule has 16 heavy (non-hydrogen) atoms. The molecule has 1 aromatic heterocycles. The maximum Gasteiger partial charge on any atom is 0.264 e. The lowest BCUT2D eigenvalue weighted by atomic mass is 9.89. The third-order valence-electron chi connectivity index (χ3n) is 3.19. The Morgan fingerprint density at radius 1 is 1.44 bits per heavy atom. The van der Waals surface area contributed by atoms with Gasteiger partial charge in [0.2, 0.25) is 5.91 Å². The SMILES string of the molecule is NCc1cc(=O)[nH]n1C(=O)C1CCCCC1.